The lowest BCUT2D eigenvalue weighted by molar-refractivity contribution is -0.325. The van der Waals surface area contributed by atoms with Gasteiger partial charge in [-0.2, -0.15) is 13.2 Å². The first-order valence-electron chi connectivity index (χ1n) is 5.81. The van der Waals surface area contributed by atoms with Crippen LogP contribution in [-0.4, -0.2) is 26.6 Å². The molecule has 0 fully saturated rings. The highest BCUT2D eigenvalue weighted by Crippen LogP contribution is 2.36. The fourth-order valence-corrected chi connectivity index (χ4v) is 1.55. The fraction of sp³-hybridized carbons (Fsp3) is 0.500. The van der Waals surface area contributed by atoms with Gasteiger partial charge in [0.1, 0.15) is 12.4 Å². The third-order valence-corrected chi connectivity index (χ3v) is 2.34. The summed E-state index contributed by atoms with van der Waals surface area (Å²) in [6, 6.07) is 3.35. The Hall–Kier alpha value is -1.48. The van der Waals surface area contributed by atoms with Crippen LogP contribution in [0.25, 0.3) is 0 Å². The number of ether oxygens (including phenoxy) is 2. The van der Waals surface area contributed by atoms with Crippen LogP contribution in [0.1, 0.15) is 11.1 Å². The van der Waals surface area contributed by atoms with Gasteiger partial charge in [-0.1, -0.05) is 6.07 Å². The molecule has 1 rings (SSSR count). The highest BCUT2D eigenvalue weighted by molar-refractivity contribution is 5.39. The lowest BCUT2D eigenvalue weighted by atomic mass is 10.1. The van der Waals surface area contributed by atoms with Crippen molar-refractivity contribution in [3.63, 3.8) is 0 Å². The Bertz CT molecular complexity index is 458. The van der Waals surface area contributed by atoms with Gasteiger partial charge in [0.2, 0.25) is 0 Å². The van der Waals surface area contributed by atoms with E-state index in [2.05, 4.69) is 10.1 Å². The van der Waals surface area contributed by atoms with E-state index in [4.69, 9.17) is 4.74 Å². The summed E-state index contributed by atoms with van der Waals surface area (Å²) in [4.78, 5) is 0. The molecule has 1 aromatic rings. The average Bonchev–Trinajstić information content (AvgIpc) is 2.34. The fourth-order valence-electron chi connectivity index (χ4n) is 1.55. The second-order valence-electron chi connectivity index (χ2n) is 4.00. The molecular weight excluding hydrogens is 304 g/mol. The van der Waals surface area contributed by atoms with Crippen molar-refractivity contribution in [2.24, 2.45) is 0 Å². The van der Waals surface area contributed by atoms with Crippen LogP contribution in [0, 0.1) is 0 Å². The number of nitrogens with one attached hydrogen (secondary N) is 1. The predicted octanol–water partition coefficient (Wildman–Crippen LogP) is 3.34. The monoisotopic (exact) mass is 317 g/mol. The molecule has 0 aliphatic rings. The first-order valence-corrected chi connectivity index (χ1v) is 5.81. The summed E-state index contributed by atoms with van der Waals surface area (Å²) < 4.78 is 81.9. The van der Waals surface area contributed by atoms with Gasteiger partial charge in [-0.15, -0.1) is 13.2 Å². The van der Waals surface area contributed by atoms with Crippen molar-refractivity contribution in [2.75, 3.05) is 20.3 Å². The Morgan fingerprint density at radius 2 is 1.71 bits per heavy atom. The number of halogens is 6. The highest BCUT2D eigenvalue weighted by Gasteiger charge is 2.35. The van der Waals surface area contributed by atoms with Crippen LogP contribution < -0.4 is 10.1 Å². The van der Waals surface area contributed by atoms with Crippen LogP contribution in [0.15, 0.2) is 18.2 Å². The summed E-state index contributed by atoms with van der Waals surface area (Å²) in [5, 5.41) is 2.70. The minimum absolute atomic E-state index is 0.223. The molecule has 0 unspecified atom stereocenters. The smallest absolute Gasteiger partial charge is 0.491 e. The Balaban J connectivity index is 2.77. The minimum atomic E-state index is -4.84. The molecule has 0 atom stereocenters. The SMILES string of the molecule is CNCc1ccc(OCCOC(F)(F)F)c(C(F)(F)F)c1. The molecule has 3 nitrogen and oxygen atoms in total. The second kappa shape index (κ2) is 6.99. The molecule has 0 aliphatic heterocycles. The third-order valence-electron chi connectivity index (χ3n) is 2.34. The number of benzene rings is 1. The largest absolute Gasteiger partial charge is 0.522 e. The molecule has 0 heterocycles. The maximum Gasteiger partial charge on any atom is 0.522 e. The Labute approximate surface area is 116 Å². The van der Waals surface area contributed by atoms with Crippen LogP contribution in [0.2, 0.25) is 0 Å². The van der Waals surface area contributed by atoms with Gasteiger partial charge < -0.3 is 10.1 Å². The predicted molar refractivity (Wildman–Crippen MR) is 61.7 cm³/mol. The highest BCUT2D eigenvalue weighted by atomic mass is 19.4. The number of hydrogen-bond donors (Lipinski definition) is 1. The van der Waals surface area contributed by atoms with E-state index in [0.717, 1.165) is 12.1 Å². The molecule has 0 saturated carbocycles. The van der Waals surface area contributed by atoms with Gasteiger partial charge in [-0.05, 0) is 24.7 Å². The summed E-state index contributed by atoms with van der Waals surface area (Å²) in [6.07, 6.45) is -9.50. The van der Waals surface area contributed by atoms with Crippen molar-refractivity contribution in [1.29, 1.82) is 0 Å². The molecule has 0 radical (unpaired) electrons. The van der Waals surface area contributed by atoms with Crippen molar-refractivity contribution < 1.29 is 35.8 Å². The Morgan fingerprint density at radius 3 is 2.24 bits per heavy atom. The Kier molecular flexibility index (Phi) is 5.85. The van der Waals surface area contributed by atoms with Crippen molar-refractivity contribution in [2.45, 2.75) is 19.1 Å². The zero-order valence-corrected chi connectivity index (χ0v) is 10.9. The number of hydrogen-bond acceptors (Lipinski definition) is 3. The summed E-state index contributed by atoms with van der Waals surface area (Å²) >= 11 is 0. The second-order valence-corrected chi connectivity index (χ2v) is 4.00. The number of alkyl halides is 6. The van der Waals surface area contributed by atoms with Gasteiger partial charge in [0, 0.05) is 6.54 Å². The van der Waals surface area contributed by atoms with Gasteiger partial charge in [-0.25, -0.2) is 0 Å². The molecule has 1 aromatic carbocycles. The van der Waals surface area contributed by atoms with Gasteiger partial charge in [-0.3, -0.25) is 4.74 Å². The van der Waals surface area contributed by atoms with Crippen LogP contribution in [0.4, 0.5) is 26.3 Å². The van der Waals surface area contributed by atoms with Crippen LogP contribution in [-0.2, 0) is 17.5 Å². The molecule has 0 spiro atoms. The quantitative estimate of drug-likeness (QED) is 0.645. The molecule has 1 N–H and O–H groups in total. The van der Waals surface area contributed by atoms with Gasteiger partial charge in [0.15, 0.2) is 0 Å². The van der Waals surface area contributed by atoms with Crippen LogP contribution >= 0.6 is 0 Å². The normalized spacial score (nSPS) is 12.5. The molecular formula is C12H13F6NO2. The van der Waals surface area contributed by atoms with Crippen molar-refractivity contribution >= 4 is 0 Å². The van der Waals surface area contributed by atoms with E-state index in [1.54, 1.807) is 7.05 Å². The maximum absolute atomic E-state index is 12.9. The van der Waals surface area contributed by atoms with Crippen molar-refractivity contribution in [1.82, 2.24) is 5.32 Å². The first-order chi connectivity index (χ1) is 9.63. The molecule has 0 aliphatic carbocycles. The lowest BCUT2D eigenvalue weighted by Crippen LogP contribution is -2.19. The van der Waals surface area contributed by atoms with Crippen LogP contribution in [0.5, 0.6) is 5.75 Å². The van der Waals surface area contributed by atoms with E-state index >= 15 is 0 Å². The maximum atomic E-state index is 12.9. The van der Waals surface area contributed by atoms with E-state index < -0.39 is 37.1 Å². The minimum Gasteiger partial charge on any atom is -0.491 e. The van der Waals surface area contributed by atoms with Crippen molar-refractivity contribution in [3.05, 3.63) is 29.3 Å². The molecule has 0 saturated heterocycles. The van der Waals surface area contributed by atoms with E-state index in [1.165, 1.54) is 6.07 Å². The zero-order valence-electron chi connectivity index (χ0n) is 10.9. The topological polar surface area (TPSA) is 30.5 Å². The van der Waals surface area contributed by atoms with Gasteiger partial charge >= 0.3 is 12.5 Å². The summed E-state index contributed by atoms with van der Waals surface area (Å²) in [6.45, 7) is -1.31. The van der Waals surface area contributed by atoms with Crippen LogP contribution in [0.3, 0.4) is 0 Å². The molecule has 9 heteroatoms. The molecule has 0 bridgehead atoms. The lowest BCUT2D eigenvalue weighted by Gasteiger charge is -2.15. The molecule has 21 heavy (non-hydrogen) atoms. The molecule has 0 amide bonds. The van der Waals surface area contributed by atoms with E-state index in [1.807, 2.05) is 0 Å². The van der Waals surface area contributed by atoms with Crippen molar-refractivity contribution in [3.8, 4) is 5.75 Å². The summed E-state index contributed by atoms with van der Waals surface area (Å²) in [5.41, 5.74) is -0.661. The Morgan fingerprint density at radius 1 is 1.05 bits per heavy atom. The van der Waals surface area contributed by atoms with E-state index in [0.29, 0.717) is 5.56 Å². The molecule has 0 aromatic heterocycles. The molecule has 120 valence electrons. The zero-order chi connectivity index (χ0) is 16.1. The van der Waals surface area contributed by atoms with E-state index in [-0.39, 0.29) is 6.54 Å². The van der Waals surface area contributed by atoms with E-state index in [9.17, 15) is 26.3 Å². The summed E-state index contributed by atoms with van der Waals surface area (Å²) in [5.74, 6) is -0.534. The first kappa shape index (κ1) is 17.6. The van der Waals surface area contributed by atoms with Gasteiger partial charge in [0.05, 0.1) is 12.2 Å². The number of rotatable bonds is 6. The standard InChI is InChI=1S/C12H13F6NO2/c1-19-7-8-2-3-10(9(6-8)11(13,14)15)20-4-5-21-12(16,17)18/h2-3,6,19H,4-5,7H2,1H3. The average molecular weight is 317 g/mol. The summed E-state index contributed by atoms with van der Waals surface area (Å²) in [7, 11) is 1.58. The third kappa shape index (κ3) is 6.21. The van der Waals surface area contributed by atoms with Gasteiger partial charge in [0.25, 0.3) is 0 Å².